The van der Waals surface area contributed by atoms with Gasteiger partial charge in [-0.05, 0) is 70.3 Å². The van der Waals surface area contributed by atoms with E-state index in [1.165, 1.54) is 29.7 Å². The Kier molecular flexibility index (Phi) is 6.22. The summed E-state index contributed by atoms with van der Waals surface area (Å²) in [7, 11) is 0. The van der Waals surface area contributed by atoms with Gasteiger partial charge in [0.25, 0.3) is 0 Å². The normalized spacial score (nSPS) is 15.4. The van der Waals surface area contributed by atoms with Gasteiger partial charge in [0, 0.05) is 22.4 Å². The van der Waals surface area contributed by atoms with Crippen LogP contribution in [-0.2, 0) is 0 Å². The van der Waals surface area contributed by atoms with Crippen molar-refractivity contribution in [3.63, 3.8) is 0 Å². The van der Waals surface area contributed by atoms with E-state index in [9.17, 15) is 5.41 Å². The average Bonchev–Trinajstić information content (AvgIpc) is 3.88. The minimum atomic E-state index is 0.511. The highest BCUT2D eigenvalue weighted by atomic mass is 14.9. The van der Waals surface area contributed by atoms with Crippen LogP contribution in [-0.4, -0.2) is 5.71 Å². The third-order valence-electron chi connectivity index (χ3n) is 7.84. The van der Waals surface area contributed by atoms with Crippen LogP contribution in [0.2, 0.25) is 0 Å². The van der Waals surface area contributed by atoms with Gasteiger partial charge in [-0.1, -0.05) is 121 Å². The van der Waals surface area contributed by atoms with Gasteiger partial charge in [-0.2, -0.15) is 0 Å². The molecule has 1 saturated carbocycles. The van der Waals surface area contributed by atoms with Crippen LogP contribution in [0.1, 0.15) is 35.1 Å². The minimum absolute atomic E-state index is 0.511. The fourth-order valence-electron chi connectivity index (χ4n) is 5.60. The summed E-state index contributed by atoms with van der Waals surface area (Å²) in [5.41, 5.74) is 12.6. The first-order chi connectivity index (χ1) is 19.7. The number of benzene rings is 5. The van der Waals surface area contributed by atoms with Gasteiger partial charge < -0.3 is 5.32 Å². The molecule has 2 N–H and O–H groups in total. The molecule has 0 unspecified atom stereocenters. The van der Waals surface area contributed by atoms with Gasteiger partial charge >= 0.3 is 0 Å². The summed E-state index contributed by atoms with van der Waals surface area (Å²) in [6.07, 6.45) is 4.72. The van der Waals surface area contributed by atoms with Crippen molar-refractivity contribution in [1.82, 2.24) is 5.32 Å². The zero-order chi connectivity index (χ0) is 26.9. The molecule has 5 aromatic rings. The molecular formula is C38H30N2. The molecule has 2 nitrogen and oxygen atoms in total. The van der Waals surface area contributed by atoms with Crippen molar-refractivity contribution in [3.05, 3.63) is 161 Å². The molecule has 0 bridgehead atoms. The van der Waals surface area contributed by atoms with Crippen molar-refractivity contribution < 1.29 is 0 Å². The van der Waals surface area contributed by atoms with Crippen LogP contribution in [0.25, 0.3) is 39.6 Å². The Morgan fingerprint density at radius 3 is 1.77 bits per heavy atom. The molecule has 0 atom stereocenters. The lowest BCUT2D eigenvalue weighted by atomic mass is 9.86. The largest absolute Gasteiger partial charge is 0.358 e. The van der Waals surface area contributed by atoms with Gasteiger partial charge in [-0.15, -0.1) is 0 Å². The lowest BCUT2D eigenvalue weighted by Crippen LogP contribution is -2.22. The van der Waals surface area contributed by atoms with Crippen LogP contribution in [0.15, 0.2) is 139 Å². The Morgan fingerprint density at radius 1 is 0.575 bits per heavy atom. The quantitative estimate of drug-likeness (QED) is 0.218. The van der Waals surface area contributed by atoms with Crippen LogP contribution >= 0.6 is 0 Å². The number of hydrogen-bond acceptors (Lipinski definition) is 2. The third-order valence-corrected chi connectivity index (χ3v) is 7.84. The minimum Gasteiger partial charge on any atom is -0.358 e. The second-order valence-corrected chi connectivity index (χ2v) is 10.6. The van der Waals surface area contributed by atoms with Gasteiger partial charge in [0.15, 0.2) is 0 Å². The van der Waals surface area contributed by atoms with Gasteiger partial charge in [0.2, 0.25) is 0 Å². The maximum atomic E-state index is 9.71. The Balaban J connectivity index is 1.43. The Bertz CT molecular complexity index is 1770. The Labute approximate surface area is 235 Å². The molecule has 7 rings (SSSR count). The molecule has 0 saturated heterocycles. The van der Waals surface area contributed by atoms with E-state index in [-0.39, 0.29) is 0 Å². The zero-order valence-electron chi connectivity index (χ0n) is 22.3. The van der Waals surface area contributed by atoms with Gasteiger partial charge in [-0.3, -0.25) is 5.41 Å². The summed E-state index contributed by atoms with van der Waals surface area (Å²) < 4.78 is 0. The molecule has 2 aliphatic rings. The first-order valence-electron chi connectivity index (χ1n) is 14.0. The summed E-state index contributed by atoms with van der Waals surface area (Å²) in [5.74, 6) is 0.566. The van der Waals surface area contributed by atoms with E-state index >= 15 is 0 Å². The van der Waals surface area contributed by atoms with Gasteiger partial charge in [-0.25, -0.2) is 0 Å². The maximum Gasteiger partial charge on any atom is 0.0711 e. The second kappa shape index (κ2) is 10.3. The van der Waals surface area contributed by atoms with Crippen molar-refractivity contribution in [2.75, 3.05) is 0 Å². The molecule has 2 heteroatoms. The molecular weight excluding hydrogens is 484 g/mol. The van der Waals surface area contributed by atoms with Crippen molar-refractivity contribution in [3.8, 4) is 22.3 Å². The molecule has 40 heavy (non-hydrogen) atoms. The fourth-order valence-corrected chi connectivity index (χ4v) is 5.60. The SMILES string of the molecule is N=C(/C(=C1\NC(C2CC2)=Cc2ccccc21)c1cccc(-c2ccccc2)c1)c1cccc(-c2ccccc2)c1. The van der Waals surface area contributed by atoms with Crippen LogP contribution in [0.3, 0.4) is 0 Å². The lowest BCUT2D eigenvalue weighted by molar-refractivity contribution is 0.898. The summed E-state index contributed by atoms with van der Waals surface area (Å²) in [4.78, 5) is 0. The summed E-state index contributed by atoms with van der Waals surface area (Å²) in [5, 5.41) is 13.5. The van der Waals surface area contributed by atoms with E-state index in [0.717, 1.165) is 44.7 Å². The van der Waals surface area contributed by atoms with Crippen molar-refractivity contribution >= 4 is 23.1 Å². The van der Waals surface area contributed by atoms with Crippen molar-refractivity contribution in [2.45, 2.75) is 12.8 Å². The van der Waals surface area contributed by atoms with Gasteiger partial charge in [0.1, 0.15) is 0 Å². The molecule has 192 valence electrons. The number of rotatable bonds is 6. The molecule has 0 aromatic heterocycles. The van der Waals surface area contributed by atoms with Crippen LogP contribution in [0.5, 0.6) is 0 Å². The molecule has 1 heterocycles. The maximum absolute atomic E-state index is 9.71. The molecule has 1 aliphatic heterocycles. The van der Waals surface area contributed by atoms with E-state index in [0.29, 0.717) is 11.6 Å². The average molecular weight is 515 g/mol. The van der Waals surface area contributed by atoms with Crippen LogP contribution < -0.4 is 5.32 Å². The topological polar surface area (TPSA) is 35.9 Å². The Morgan fingerprint density at radius 2 is 1.12 bits per heavy atom. The predicted molar refractivity (Wildman–Crippen MR) is 168 cm³/mol. The van der Waals surface area contributed by atoms with Crippen LogP contribution in [0, 0.1) is 11.3 Å². The van der Waals surface area contributed by atoms with E-state index in [4.69, 9.17) is 0 Å². The van der Waals surface area contributed by atoms with E-state index in [1.54, 1.807) is 0 Å². The van der Waals surface area contributed by atoms with Gasteiger partial charge in [0.05, 0.1) is 11.4 Å². The molecule has 0 amide bonds. The lowest BCUT2D eigenvalue weighted by Gasteiger charge is -2.26. The Hall–Kier alpha value is -4.95. The number of fused-ring (bicyclic) bond motifs is 1. The number of allylic oxidation sites excluding steroid dienone is 2. The monoisotopic (exact) mass is 514 g/mol. The first-order valence-corrected chi connectivity index (χ1v) is 14.0. The molecule has 1 fully saturated rings. The molecule has 0 spiro atoms. The van der Waals surface area contributed by atoms with Crippen molar-refractivity contribution in [2.24, 2.45) is 5.92 Å². The molecule has 0 radical (unpaired) electrons. The van der Waals surface area contributed by atoms with E-state index in [1.807, 2.05) is 12.1 Å². The summed E-state index contributed by atoms with van der Waals surface area (Å²) >= 11 is 0. The highest BCUT2D eigenvalue weighted by Gasteiger charge is 2.31. The second-order valence-electron chi connectivity index (χ2n) is 10.6. The smallest absolute Gasteiger partial charge is 0.0711 e. The zero-order valence-corrected chi connectivity index (χ0v) is 22.3. The third kappa shape index (κ3) is 4.69. The van der Waals surface area contributed by atoms with E-state index < -0.39 is 0 Å². The number of nitrogens with one attached hydrogen (secondary N) is 2. The van der Waals surface area contributed by atoms with Crippen LogP contribution in [0.4, 0.5) is 0 Å². The molecule has 1 aliphatic carbocycles. The number of hydrogen-bond donors (Lipinski definition) is 2. The van der Waals surface area contributed by atoms with Crippen molar-refractivity contribution in [1.29, 1.82) is 5.41 Å². The summed E-state index contributed by atoms with van der Waals surface area (Å²) in [6, 6.07) is 46.5. The first kappa shape index (κ1) is 24.1. The highest BCUT2D eigenvalue weighted by molar-refractivity contribution is 6.36. The summed E-state index contributed by atoms with van der Waals surface area (Å²) in [6.45, 7) is 0. The highest BCUT2D eigenvalue weighted by Crippen LogP contribution is 2.42. The predicted octanol–water partition coefficient (Wildman–Crippen LogP) is 9.31. The molecule has 5 aromatic carbocycles. The fraction of sp³-hybridized carbons (Fsp3) is 0.0789. The standard InChI is InChI=1S/C38H30N2/c39-37(33-19-10-17-30(24-33)27-13-5-2-6-14-27)36(32-18-9-16-29(23-32)26-11-3-1-4-12-26)38-34-20-8-7-15-31(34)25-35(40-38)28-21-22-28/h1-20,23-25,28,39-40H,21-22H2/b38-36-,39-37?. The van der Waals surface area contributed by atoms with E-state index in [2.05, 4.69) is 133 Å².